The first kappa shape index (κ1) is 23.5. The van der Waals surface area contributed by atoms with Crippen LogP contribution in [0, 0.1) is 11.7 Å². The zero-order valence-electron chi connectivity index (χ0n) is 16.1. The van der Waals surface area contributed by atoms with Crippen molar-refractivity contribution in [2.75, 3.05) is 18.4 Å². The fourth-order valence-electron chi connectivity index (χ4n) is 3.41. The van der Waals surface area contributed by atoms with E-state index in [4.69, 9.17) is 11.6 Å². The number of hydrogen-bond acceptors (Lipinski definition) is 3. The van der Waals surface area contributed by atoms with E-state index < -0.39 is 45.2 Å². The number of benzene rings is 2. The van der Waals surface area contributed by atoms with Crippen LogP contribution in [-0.4, -0.2) is 31.7 Å². The first-order chi connectivity index (χ1) is 14.5. The lowest BCUT2D eigenvalue weighted by atomic mass is 9.97. The van der Waals surface area contributed by atoms with Crippen LogP contribution in [0.2, 0.25) is 5.02 Å². The summed E-state index contributed by atoms with van der Waals surface area (Å²) in [6.45, 7) is -0.0131. The van der Waals surface area contributed by atoms with Crippen molar-refractivity contribution in [2.45, 2.75) is 24.8 Å². The predicted molar refractivity (Wildman–Crippen MR) is 108 cm³/mol. The zero-order chi connectivity index (χ0) is 22.8. The minimum Gasteiger partial charge on any atom is -0.325 e. The lowest BCUT2D eigenvalue weighted by Gasteiger charge is -2.31. The Morgan fingerprint density at radius 2 is 1.74 bits per heavy atom. The normalized spacial score (nSPS) is 16.3. The van der Waals surface area contributed by atoms with Gasteiger partial charge in [0, 0.05) is 29.6 Å². The van der Waals surface area contributed by atoms with Gasteiger partial charge in [-0.3, -0.25) is 4.79 Å². The van der Waals surface area contributed by atoms with Gasteiger partial charge in [-0.15, -0.1) is 0 Å². The number of piperidine rings is 1. The third-order valence-corrected chi connectivity index (χ3v) is 7.26. The minimum atomic E-state index is -4.62. The second-order valence-electron chi connectivity index (χ2n) is 7.16. The van der Waals surface area contributed by atoms with E-state index in [1.165, 1.54) is 30.3 Å². The molecule has 0 atom stereocenters. The number of nitrogens with one attached hydrogen (secondary N) is 1. The maximum atomic E-state index is 13.9. The number of rotatable bonds is 5. The molecule has 0 bridgehead atoms. The van der Waals surface area contributed by atoms with Gasteiger partial charge < -0.3 is 5.32 Å². The number of halogens is 5. The number of amides is 1. The molecule has 1 amide bonds. The summed E-state index contributed by atoms with van der Waals surface area (Å²) in [5.74, 6) is -2.60. The number of carbonyl (C=O) groups is 1. The molecule has 5 nitrogen and oxygen atoms in total. The van der Waals surface area contributed by atoms with Crippen molar-refractivity contribution in [3.8, 4) is 0 Å². The highest BCUT2D eigenvalue weighted by atomic mass is 35.5. The van der Waals surface area contributed by atoms with Crippen molar-refractivity contribution < 1.29 is 30.8 Å². The number of carbonyl (C=O) groups excluding carboxylic acids is 1. The molecular formula is C20H19ClF4N2O3S. The molecule has 2 aromatic rings. The Hall–Kier alpha value is -2.17. The number of alkyl halides is 3. The first-order valence-electron chi connectivity index (χ1n) is 9.37. The van der Waals surface area contributed by atoms with Crippen molar-refractivity contribution in [3.05, 3.63) is 64.4 Å². The molecule has 1 aliphatic heterocycles. The quantitative estimate of drug-likeness (QED) is 0.635. The van der Waals surface area contributed by atoms with Gasteiger partial charge in [0.15, 0.2) is 0 Å². The second-order valence-corrected chi connectivity index (χ2v) is 9.54. The van der Waals surface area contributed by atoms with Crippen LogP contribution in [-0.2, 0) is 26.7 Å². The van der Waals surface area contributed by atoms with Crippen molar-refractivity contribution in [3.63, 3.8) is 0 Å². The number of hydrogen-bond donors (Lipinski definition) is 1. The van der Waals surface area contributed by atoms with E-state index in [1.807, 2.05) is 0 Å². The van der Waals surface area contributed by atoms with E-state index in [9.17, 15) is 30.8 Å². The Morgan fingerprint density at radius 1 is 1.10 bits per heavy atom. The summed E-state index contributed by atoms with van der Waals surface area (Å²) in [5, 5.41) is 2.30. The van der Waals surface area contributed by atoms with Crippen LogP contribution in [0.3, 0.4) is 0 Å². The number of anilines is 1. The molecule has 3 rings (SSSR count). The van der Waals surface area contributed by atoms with Gasteiger partial charge in [-0.25, -0.2) is 17.1 Å². The third kappa shape index (κ3) is 5.55. The molecule has 1 aliphatic rings. The maximum absolute atomic E-state index is 13.9. The smallest absolute Gasteiger partial charge is 0.325 e. The van der Waals surface area contributed by atoms with Crippen LogP contribution >= 0.6 is 11.6 Å². The number of sulfonamides is 1. The summed E-state index contributed by atoms with van der Waals surface area (Å²) in [5.41, 5.74) is -1.43. The maximum Gasteiger partial charge on any atom is 0.418 e. The standard InChI is InChI=1S/C20H19ClF4N2O3S/c21-16-5-3-6-17(22)14(16)12-31(29,30)27-10-8-13(9-11-27)19(28)26-18-7-2-1-4-15(18)20(23,24)25/h1-7,13H,8-12H2,(H,26,28). The van der Waals surface area contributed by atoms with Gasteiger partial charge in [0.25, 0.3) is 0 Å². The Kier molecular flexibility index (Phi) is 6.92. The van der Waals surface area contributed by atoms with E-state index in [2.05, 4.69) is 5.32 Å². The fourth-order valence-corrected chi connectivity index (χ4v) is 5.33. The SMILES string of the molecule is O=C(Nc1ccccc1C(F)(F)F)C1CCN(S(=O)(=O)Cc2c(F)cccc2Cl)CC1. The van der Waals surface area contributed by atoms with Gasteiger partial charge in [-0.05, 0) is 37.1 Å². The average molecular weight is 479 g/mol. The van der Waals surface area contributed by atoms with Gasteiger partial charge in [0.05, 0.1) is 17.0 Å². The zero-order valence-corrected chi connectivity index (χ0v) is 17.7. The molecule has 11 heteroatoms. The monoisotopic (exact) mass is 478 g/mol. The van der Waals surface area contributed by atoms with E-state index in [1.54, 1.807) is 0 Å². The molecule has 0 radical (unpaired) electrons. The highest BCUT2D eigenvalue weighted by Crippen LogP contribution is 2.35. The highest BCUT2D eigenvalue weighted by Gasteiger charge is 2.35. The summed E-state index contributed by atoms with van der Waals surface area (Å²) in [7, 11) is -3.89. The molecule has 1 N–H and O–H groups in total. The van der Waals surface area contributed by atoms with E-state index >= 15 is 0 Å². The summed E-state index contributed by atoms with van der Waals surface area (Å²) in [4.78, 5) is 12.5. The summed E-state index contributed by atoms with van der Waals surface area (Å²) >= 11 is 5.91. The third-order valence-electron chi connectivity index (χ3n) is 5.10. The van der Waals surface area contributed by atoms with Crippen molar-refractivity contribution in [1.82, 2.24) is 4.31 Å². The van der Waals surface area contributed by atoms with Crippen LogP contribution in [0.25, 0.3) is 0 Å². The van der Waals surface area contributed by atoms with Crippen LogP contribution in [0.5, 0.6) is 0 Å². The molecule has 0 spiro atoms. The Bertz CT molecular complexity index is 1050. The highest BCUT2D eigenvalue weighted by molar-refractivity contribution is 7.88. The number of nitrogens with zero attached hydrogens (tertiary/aromatic N) is 1. The van der Waals surface area contributed by atoms with E-state index in [-0.39, 0.29) is 42.2 Å². The summed E-state index contributed by atoms with van der Waals surface area (Å²) < 4.78 is 79.7. The minimum absolute atomic E-state index is 0.00108. The van der Waals surface area contributed by atoms with Crippen LogP contribution < -0.4 is 5.32 Å². The lowest BCUT2D eigenvalue weighted by molar-refractivity contribution is -0.137. The Labute approximate surface area is 182 Å². The van der Waals surface area contributed by atoms with Gasteiger partial charge >= 0.3 is 6.18 Å². The molecule has 1 saturated heterocycles. The van der Waals surface area contributed by atoms with Gasteiger partial charge in [0.1, 0.15) is 5.82 Å². The molecule has 0 unspecified atom stereocenters. The largest absolute Gasteiger partial charge is 0.418 e. The predicted octanol–water partition coefficient (Wildman–Crippen LogP) is 4.68. The molecule has 2 aromatic carbocycles. The first-order valence-corrected chi connectivity index (χ1v) is 11.4. The molecule has 0 aromatic heterocycles. The molecule has 0 saturated carbocycles. The molecule has 1 heterocycles. The fraction of sp³-hybridized carbons (Fsp3) is 0.350. The topological polar surface area (TPSA) is 66.5 Å². The van der Waals surface area contributed by atoms with Crippen LogP contribution in [0.1, 0.15) is 24.0 Å². The van der Waals surface area contributed by atoms with Gasteiger partial charge in [-0.1, -0.05) is 29.8 Å². The van der Waals surface area contributed by atoms with Crippen molar-refractivity contribution in [2.24, 2.45) is 5.92 Å². The molecule has 1 fully saturated rings. The summed E-state index contributed by atoms with van der Waals surface area (Å²) in [6, 6.07) is 8.53. The molecule has 0 aliphatic carbocycles. The summed E-state index contributed by atoms with van der Waals surface area (Å²) in [6.07, 6.45) is -4.36. The van der Waals surface area contributed by atoms with Crippen LogP contribution in [0.15, 0.2) is 42.5 Å². The van der Waals surface area contributed by atoms with Crippen molar-refractivity contribution in [1.29, 1.82) is 0 Å². The van der Waals surface area contributed by atoms with E-state index in [0.717, 1.165) is 16.4 Å². The van der Waals surface area contributed by atoms with Gasteiger partial charge in [-0.2, -0.15) is 13.2 Å². The van der Waals surface area contributed by atoms with Crippen LogP contribution in [0.4, 0.5) is 23.2 Å². The Balaban J connectivity index is 1.64. The van der Waals surface area contributed by atoms with E-state index in [0.29, 0.717) is 0 Å². The average Bonchev–Trinajstić information content (AvgIpc) is 2.70. The molecule has 31 heavy (non-hydrogen) atoms. The molecular weight excluding hydrogens is 460 g/mol. The second kappa shape index (κ2) is 9.13. The lowest BCUT2D eigenvalue weighted by Crippen LogP contribution is -2.42. The molecule has 168 valence electrons. The van der Waals surface area contributed by atoms with Crippen molar-refractivity contribution >= 4 is 33.2 Å². The number of para-hydroxylation sites is 1. The Morgan fingerprint density at radius 3 is 2.35 bits per heavy atom. The van der Waals surface area contributed by atoms with Gasteiger partial charge in [0.2, 0.25) is 15.9 Å².